The van der Waals surface area contributed by atoms with Crippen molar-refractivity contribution in [2.24, 2.45) is 5.41 Å². The minimum Gasteiger partial charge on any atom is -0.368 e. The Balaban J connectivity index is 1.60. The molecule has 0 aliphatic carbocycles. The first-order valence-electron chi connectivity index (χ1n) is 8.99. The van der Waals surface area contributed by atoms with Gasteiger partial charge < -0.3 is 14.7 Å². The molecular weight excluding hydrogens is 321 g/mol. The summed E-state index contributed by atoms with van der Waals surface area (Å²) in [5.41, 5.74) is -0.0524. The van der Waals surface area contributed by atoms with Gasteiger partial charge in [0.05, 0.1) is 0 Å². The number of anilines is 1. The Hall–Kier alpha value is -2.11. The van der Waals surface area contributed by atoms with Crippen LogP contribution in [0, 0.1) is 11.2 Å². The fourth-order valence-corrected chi connectivity index (χ4v) is 3.62. The third-order valence-electron chi connectivity index (χ3n) is 5.22. The van der Waals surface area contributed by atoms with E-state index in [1.54, 1.807) is 30.9 Å². The predicted molar refractivity (Wildman–Crippen MR) is 94.8 cm³/mol. The van der Waals surface area contributed by atoms with E-state index in [1.165, 1.54) is 12.1 Å². The second kappa shape index (κ2) is 7.02. The van der Waals surface area contributed by atoms with Gasteiger partial charge in [-0.25, -0.2) is 4.39 Å². The summed E-state index contributed by atoms with van der Waals surface area (Å²) in [6.45, 7) is 7.52. The third kappa shape index (κ3) is 3.62. The molecule has 0 radical (unpaired) electrons. The van der Waals surface area contributed by atoms with E-state index >= 15 is 0 Å². The molecular formula is C19H26FN3O2. The molecule has 1 aromatic carbocycles. The number of nitrogens with zero attached hydrogens (tertiary/aromatic N) is 3. The molecule has 0 bridgehead atoms. The van der Waals surface area contributed by atoms with Crippen LogP contribution in [0.5, 0.6) is 0 Å². The first-order valence-corrected chi connectivity index (χ1v) is 8.99. The number of rotatable bonds is 3. The Bertz CT molecular complexity index is 631. The summed E-state index contributed by atoms with van der Waals surface area (Å²) < 4.78 is 13.0. The van der Waals surface area contributed by atoms with Crippen molar-refractivity contribution in [1.82, 2.24) is 9.80 Å². The molecule has 25 heavy (non-hydrogen) atoms. The third-order valence-corrected chi connectivity index (χ3v) is 5.22. The molecule has 2 amide bonds. The lowest BCUT2D eigenvalue weighted by molar-refractivity contribution is -0.153. The number of hydrogen-bond donors (Lipinski definition) is 0. The van der Waals surface area contributed by atoms with Crippen LogP contribution in [0.25, 0.3) is 0 Å². The van der Waals surface area contributed by atoms with Crippen LogP contribution in [0.15, 0.2) is 24.3 Å². The Labute approximate surface area is 148 Å². The van der Waals surface area contributed by atoms with Gasteiger partial charge in [0.2, 0.25) is 11.8 Å². The Morgan fingerprint density at radius 1 is 0.840 bits per heavy atom. The smallest absolute Gasteiger partial charge is 0.237 e. The van der Waals surface area contributed by atoms with Gasteiger partial charge >= 0.3 is 0 Å². The van der Waals surface area contributed by atoms with Crippen molar-refractivity contribution in [3.8, 4) is 0 Å². The topological polar surface area (TPSA) is 43.9 Å². The Morgan fingerprint density at radius 2 is 1.32 bits per heavy atom. The molecule has 0 atom stereocenters. The van der Waals surface area contributed by atoms with Crippen molar-refractivity contribution in [3.05, 3.63) is 30.1 Å². The fourth-order valence-electron chi connectivity index (χ4n) is 3.62. The average Bonchev–Trinajstić information content (AvgIpc) is 3.15. The fraction of sp³-hybridized carbons (Fsp3) is 0.579. The second-order valence-corrected chi connectivity index (χ2v) is 7.38. The molecule has 0 aromatic heterocycles. The van der Waals surface area contributed by atoms with Crippen molar-refractivity contribution >= 4 is 17.5 Å². The summed E-state index contributed by atoms with van der Waals surface area (Å²) in [5, 5.41) is 0. The molecule has 2 aliphatic heterocycles. The van der Waals surface area contributed by atoms with Crippen LogP contribution >= 0.6 is 0 Å². The van der Waals surface area contributed by atoms with Crippen LogP contribution in [0.1, 0.15) is 26.7 Å². The maximum atomic E-state index is 13.0. The zero-order chi connectivity index (χ0) is 18.0. The van der Waals surface area contributed by atoms with Crippen molar-refractivity contribution in [2.45, 2.75) is 26.7 Å². The van der Waals surface area contributed by atoms with Gasteiger partial charge in [0.1, 0.15) is 11.2 Å². The number of likely N-dealkylation sites (tertiary alicyclic amines) is 1. The predicted octanol–water partition coefficient (Wildman–Crippen LogP) is 2.12. The molecule has 2 fully saturated rings. The highest BCUT2D eigenvalue weighted by Crippen LogP contribution is 2.26. The van der Waals surface area contributed by atoms with Gasteiger partial charge in [-0.15, -0.1) is 0 Å². The van der Waals surface area contributed by atoms with Gasteiger partial charge in [0, 0.05) is 45.0 Å². The molecule has 0 saturated carbocycles. The summed E-state index contributed by atoms with van der Waals surface area (Å²) in [6.07, 6.45) is 2.04. The first kappa shape index (κ1) is 17.7. The summed E-state index contributed by atoms with van der Waals surface area (Å²) >= 11 is 0. The maximum absolute atomic E-state index is 13.0. The Morgan fingerprint density at radius 3 is 1.84 bits per heavy atom. The Kier molecular flexibility index (Phi) is 4.97. The van der Waals surface area contributed by atoms with Gasteiger partial charge in [-0.1, -0.05) is 0 Å². The molecule has 0 unspecified atom stereocenters. The highest BCUT2D eigenvalue weighted by molar-refractivity contribution is 6.04. The summed E-state index contributed by atoms with van der Waals surface area (Å²) in [7, 11) is 0. The van der Waals surface area contributed by atoms with Crippen molar-refractivity contribution in [2.75, 3.05) is 44.2 Å². The lowest BCUT2D eigenvalue weighted by Crippen LogP contribution is -2.55. The van der Waals surface area contributed by atoms with Crippen LogP contribution < -0.4 is 4.90 Å². The number of benzene rings is 1. The molecule has 0 spiro atoms. The number of halogens is 1. The van der Waals surface area contributed by atoms with E-state index in [0.717, 1.165) is 31.6 Å². The quantitative estimate of drug-likeness (QED) is 0.787. The highest BCUT2D eigenvalue weighted by Gasteiger charge is 2.42. The molecule has 0 N–H and O–H groups in total. The molecule has 2 heterocycles. The van der Waals surface area contributed by atoms with E-state index < -0.39 is 5.41 Å². The largest absolute Gasteiger partial charge is 0.368 e. The number of piperazine rings is 1. The average molecular weight is 347 g/mol. The summed E-state index contributed by atoms with van der Waals surface area (Å²) in [4.78, 5) is 31.4. The molecule has 136 valence electrons. The van der Waals surface area contributed by atoms with Gasteiger partial charge in [-0.05, 0) is 51.0 Å². The number of hydrogen-bond acceptors (Lipinski definition) is 3. The highest BCUT2D eigenvalue weighted by atomic mass is 19.1. The molecule has 2 aliphatic rings. The zero-order valence-corrected chi connectivity index (χ0v) is 15.0. The number of carbonyl (C=O) groups is 2. The molecule has 3 rings (SSSR count). The SMILES string of the molecule is CC(C)(C(=O)N1CCCC1)C(=O)N1CCN(c2ccc(F)cc2)CC1. The zero-order valence-electron chi connectivity index (χ0n) is 15.0. The van der Waals surface area contributed by atoms with E-state index in [1.807, 2.05) is 4.90 Å². The lowest BCUT2D eigenvalue weighted by atomic mass is 9.89. The van der Waals surface area contributed by atoms with Crippen LogP contribution in [0.3, 0.4) is 0 Å². The monoisotopic (exact) mass is 347 g/mol. The molecule has 2 saturated heterocycles. The number of amides is 2. The summed E-state index contributed by atoms with van der Waals surface area (Å²) in [5.74, 6) is -0.404. The lowest BCUT2D eigenvalue weighted by Gasteiger charge is -2.39. The van der Waals surface area contributed by atoms with Crippen LogP contribution in [-0.2, 0) is 9.59 Å². The van der Waals surface area contributed by atoms with Gasteiger partial charge in [0.15, 0.2) is 0 Å². The van der Waals surface area contributed by atoms with Crippen LogP contribution in [-0.4, -0.2) is 60.9 Å². The van der Waals surface area contributed by atoms with Gasteiger partial charge in [-0.3, -0.25) is 9.59 Å². The maximum Gasteiger partial charge on any atom is 0.237 e. The molecule has 6 heteroatoms. The van der Waals surface area contributed by atoms with Crippen molar-refractivity contribution in [1.29, 1.82) is 0 Å². The van der Waals surface area contributed by atoms with E-state index in [0.29, 0.717) is 26.2 Å². The second-order valence-electron chi connectivity index (χ2n) is 7.38. The van der Waals surface area contributed by atoms with E-state index in [4.69, 9.17) is 0 Å². The standard InChI is InChI=1S/C19H26FN3O2/c1-19(2,17(24)22-9-3-4-10-22)18(25)23-13-11-21(12-14-23)16-7-5-15(20)6-8-16/h5-8H,3-4,9-14H2,1-2H3. The molecule has 5 nitrogen and oxygen atoms in total. The molecule has 1 aromatic rings. The van der Waals surface area contributed by atoms with E-state index in [9.17, 15) is 14.0 Å². The minimum atomic E-state index is -1.01. The van der Waals surface area contributed by atoms with Crippen LogP contribution in [0.4, 0.5) is 10.1 Å². The van der Waals surface area contributed by atoms with Gasteiger partial charge in [-0.2, -0.15) is 0 Å². The van der Waals surface area contributed by atoms with E-state index in [-0.39, 0.29) is 17.6 Å². The first-order chi connectivity index (χ1) is 11.9. The van der Waals surface area contributed by atoms with Crippen molar-refractivity contribution < 1.29 is 14.0 Å². The number of carbonyl (C=O) groups excluding carboxylic acids is 2. The van der Waals surface area contributed by atoms with Gasteiger partial charge in [0.25, 0.3) is 0 Å². The van der Waals surface area contributed by atoms with Crippen LogP contribution in [0.2, 0.25) is 0 Å². The summed E-state index contributed by atoms with van der Waals surface area (Å²) in [6, 6.07) is 6.41. The van der Waals surface area contributed by atoms with E-state index in [2.05, 4.69) is 4.90 Å². The van der Waals surface area contributed by atoms with Crippen molar-refractivity contribution in [3.63, 3.8) is 0 Å². The normalized spacial score (nSPS) is 18.6. The minimum absolute atomic E-state index is 0.0593.